The molecule has 0 spiro atoms. The van der Waals surface area contributed by atoms with Crippen molar-refractivity contribution >= 4 is 23.1 Å². The molecule has 5 nitrogen and oxygen atoms in total. The quantitative estimate of drug-likeness (QED) is 0.706. The van der Waals surface area contributed by atoms with Gasteiger partial charge >= 0.3 is 0 Å². The summed E-state index contributed by atoms with van der Waals surface area (Å²) in [7, 11) is 1.44. The minimum absolute atomic E-state index is 0.0140. The van der Waals surface area contributed by atoms with Gasteiger partial charge in [-0.15, -0.1) is 0 Å². The molecule has 0 aliphatic heterocycles. The van der Waals surface area contributed by atoms with Crippen molar-refractivity contribution in [3.05, 3.63) is 59.9 Å². The van der Waals surface area contributed by atoms with E-state index in [4.69, 9.17) is 4.74 Å². The van der Waals surface area contributed by atoms with Gasteiger partial charge in [-0.3, -0.25) is 4.79 Å². The van der Waals surface area contributed by atoms with E-state index in [1.807, 2.05) is 0 Å². The largest absolute Gasteiger partial charge is 0.382 e. The first-order chi connectivity index (χ1) is 11.7. The highest BCUT2D eigenvalue weighted by Gasteiger charge is 2.25. The van der Waals surface area contributed by atoms with Gasteiger partial charge in [0.2, 0.25) is 6.41 Å². The number of aromatic amines is 1. The summed E-state index contributed by atoms with van der Waals surface area (Å²) in [5.41, 5.74) is 2.04. The monoisotopic (exact) mass is 331 g/mol. The number of anilines is 1. The number of methoxy groups -OCH3 is 1. The zero-order chi connectivity index (χ0) is 17.1. The highest BCUT2D eigenvalue weighted by Crippen LogP contribution is 2.30. The molecule has 1 atom stereocenters. The van der Waals surface area contributed by atoms with Crippen molar-refractivity contribution < 1.29 is 18.3 Å². The van der Waals surface area contributed by atoms with E-state index in [9.17, 15) is 13.6 Å². The number of ether oxygens (including phenoxy) is 1. The number of carbonyl (C=O) groups is 1. The maximum absolute atomic E-state index is 14.2. The first-order valence-electron chi connectivity index (χ1n) is 7.25. The van der Waals surface area contributed by atoms with Crippen LogP contribution in [0.1, 0.15) is 11.6 Å². The van der Waals surface area contributed by atoms with Gasteiger partial charge in [0.05, 0.1) is 30.0 Å². The van der Waals surface area contributed by atoms with Crippen molar-refractivity contribution in [2.24, 2.45) is 0 Å². The molecule has 2 aromatic carbocycles. The van der Waals surface area contributed by atoms with Gasteiger partial charge in [0.1, 0.15) is 0 Å². The summed E-state index contributed by atoms with van der Waals surface area (Å²) in [4.78, 5) is 20.1. The summed E-state index contributed by atoms with van der Waals surface area (Å²) in [6.45, 7) is 0.0140. The maximum Gasteiger partial charge on any atom is 0.214 e. The zero-order valence-electron chi connectivity index (χ0n) is 12.9. The van der Waals surface area contributed by atoms with Crippen molar-refractivity contribution in [1.82, 2.24) is 9.97 Å². The van der Waals surface area contributed by atoms with Crippen LogP contribution >= 0.6 is 0 Å². The first kappa shape index (κ1) is 16.1. The number of nitrogens with zero attached hydrogens (tertiary/aromatic N) is 2. The molecule has 3 aromatic rings. The van der Waals surface area contributed by atoms with Crippen LogP contribution in [0.2, 0.25) is 0 Å². The average Bonchev–Trinajstić information content (AvgIpc) is 3.05. The first-order valence-corrected chi connectivity index (χ1v) is 7.25. The third-order valence-corrected chi connectivity index (χ3v) is 3.82. The van der Waals surface area contributed by atoms with Crippen molar-refractivity contribution in [3.8, 4) is 0 Å². The molecule has 0 fully saturated rings. The third-order valence-electron chi connectivity index (χ3n) is 3.82. The molecule has 1 N–H and O–H groups in total. The molecule has 0 aliphatic carbocycles. The van der Waals surface area contributed by atoms with E-state index >= 15 is 0 Å². The maximum atomic E-state index is 14.2. The Hall–Kier alpha value is -2.80. The molecule has 0 saturated carbocycles. The Morgan fingerprint density at radius 1 is 1.33 bits per heavy atom. The molecule has 0 bridgehead atoms. The predicted molar refractivity (Wildman–Crippen MR) is 85.6 cm³/mol. The minimum atomic E-state index is -0.992. The van der Waals surface area contributed by atoms with Gasteiger partial charge < -0.3 is 14.6 Å². The van der Waals surface area contributed by atoms with Crippen LogP contribution in [0.5, 0.6) is 0 Å². The number of rotatable bonds is 6. The second-order valence-corrected chi connectivity index (χ2v) is 5.23. The van der Waals surface area contributed by atoms with E-state index in [1.165, 1.54) is 24.1 Å². The summed E-state index contributed by atoms with van der Waals surface area (Å²) in [6.07, 6.45) is 2.12. The molecular formula is C17H15F2N3O2. The van der Waals surface area contributed by atoms with Crippen molar-refractivity contribution in [2.75, 3.05) is 18.6 Å². The lowest BCUT2D eigenvalue weighted by atomic mass is 10.0. The van der Waals surface area contributed by atoms with Gasteiger partial charge in [-0.05, 0) is 24.3 Å². The summed E-state index contributed by atoms with van der Waals surface area (Å²) >= 11 is 0. The fourth-order valence-electron chi connectivity index (χ4n) is 2.65. The Bertz CT molecular complexity index is 866. The molecule has 0 radical (unpaired) electrons. The summed E-state index contributed by atoms with van der Waals surface area (Å²) in [5.74, 6) is -1.96. The summed E-state index contributed by atoms with van der Waals surface area (Å²) in [5, 5.41) is 0. The number of imidazole rings is 1. The van der Waals surface area contributed by atoms with E-state index in [0.29, 0.717) is 12.1 Å². The SMILES string of the molecule is COCC(c1cccc(F)c1F)N(C=O)c1ccc2nc[nH]c2c1. The number of carbonyl (C=O) groups excluding carboxylic acids is 1. The van der Waals surface area contributed by atoms with Gasteiger partial charge in [0.15, 0.2) is 11.6 Å². The summed E-state index contributed by atoms with van der Waals surface area (Å²) < 4.78 is 32.9. The van der Waals surface area contributed by atoms with Gasteiger partial charge in [0, 0.05) is 18.4 Å². The molecule has 1 unspecified atom stereocenters. The van der Waals surface area contributed by atoms with Gasteiger partial charge in [-0.25, -0.2) is 13.8 Å². The third kappa shape index (κ3) is 2.85. The van der Waals surface area contributed by atoms with E-state index in [2.05, 4.69) is 9.97 Å². The molecule has 24 heavy (non-hydrogen) atoms. The summed E-state index contributed by atoms with van der Waals surface area (Å²) in [6, 6.07) is 8.22. The van der Waals surface area contributed by atoms with E-state index in [0.717, 1.165) is 17.1 Å². The molecule has 1 amide bonds. The Balaban J connectivity index is 2.07. The smallest absolute Gasteiger partial charge is 0.214 e. The predicted octanol–water partition coefficient (Wildman–Crippen LogP) is 3.19. The van der Waals surface area contributed by atoms with Gasteiger partial charge in [0.25, 0.3) is 0 Å². The fourth-order valence-corrected chi connectivity index (χ4v) is 2.65. The number of halogens is 2. The van der Waals surface area contributed by atoms with E-state index < -0.39 is 17.7 Å². The van der Waals surface area contributed by atoms with Crippen LogP contribution in [0, 0.1) is 11.6 Å². The standard InChI is InChI=1S/C17H15F2N3O2/c1-24-8-16(12-3-2-4-13(18)17(12)19)22(10-23)11-5-6-14-15(7-11)21-9-20-14/h2-7,9-10,16H,8H2,1H3,(H,20,21). The number of hydrogen-bond acceptors (Lipinski definition) is 3. The van der Waals surface area contributed by atoms with Crippen LogP contribution in [0.25, 0.3) is 11.0 Å². The van der Waals surface area contributed by atoms with Crippen LogP contribution in [0.15, 0.2) is 42.7 Å². The number of benzene rings is 2. The number of nitrogens with one attached hydrogen (secondary N) is 1. The van der Waals surface area contributed by atoms with E-state index in [1.54, 1.807) is 24.5 Å². The Kier molecular flexibility index (Phi) is 4.52. The lowest BCUT2D eigenvalue weighted by Gasteiger charge is -2.28. The molecule has 3 rings (SSSR count). The Labute approximate surface area is 136 Å². The number of aromatic nitrogens is 2. The van der Waals surface area contributed by atoms with Gasteiger partial charge in [-0.1, -0.05) is 12.1 Å². The van der Waals surface area contributed by atoms with Crippen molar-refractivity contribution in [1.29, 1.82) is 0 Å². The molecule has 0 aliphatic rings. The number of hydrogen-bond donors (Lipinski definition) is 1. The Morgan fingerprint density at radius 2 is 2.17 bits per heavy atom. The molecule has 1 heterocycles. The minimum Gasteiger partial charge on any atom is -0.382 e. The van der Waals surface area contributed by atoms with Crippen LogP contribution in [0.4, 0.5) is 14.5 Å². The van der Waals surface area contributed by atoms with Crippen LogP contribution in [-0.2, 0) is 9.53 Å². The topological polar surface area (TPSA) is 58.2 Å². The number of amides is 1. The van der Waals surface area contributed by atoms with Crippen LogP contribution < -0.4 is 4.90 Å². The van der Waals surface area contributed by atoms with Crippen LogP contribution in [-0.4, -0.2) is 30.1 Å². The fraction of sp³-hybridized carbons (Fsp3) is 0.176. The lowest BCUT2D eigenvalue weighted by molar-refractivity contribution is -0.108. The molecule has 7 heteroatoms. The van der Waals surface area contributed by atoms with E-state index in [-0.39, 0.29) is 12.2 Å². The van der Waals surface area contributed by atoms with Gasteiger partial charge in [-0.2, -0.15) is 0 Å². The van der Waals surface area contributed by atoms with Crippen LogP contribution in [0.3, 0.4) is 0 Å². The normalized spacial score (nSPS) is 12.3. The Morgan fingerprint density at radius 3 is 2.92 bits per heavy atom. The molecular weight excluding hydrogens is 316 g/mol. The number of H-pyrrole nitrogens is 1. The molecule has 124 valence electrons. The number of fused-ring (bicyclic) bond motifs is 1. The van der Waals surface area contributed by atoms with Crippen molar-refractivity contribution in [3.63, 3.8) is 0 Å². The highest BCUT2D eigenvalue weighted by molar-refractivity contribution is 5.84. The molecule has 0 saturated heterocycles. The molecule has 1 aromatic heterocycles. The second kappa shape index (κ2) is 6.76. The zero-order valence-corrected chi connectivity index (χ0v) is 12.9. The average molecular weight is 331 g/mol. The highest BCUT2D eigenvalue weighted by atomic mass is 19.2. The second-order valence-electron chi connectivity index (χ2n) is 5.23. The lowest BCUT2D eigenvalue weighted by Crippen LogP contribution is -2.31. The van der Waals surface area contributed by atoms with Crippen molar-refractivity contribution in [2.45, 2.75) is 6.04 Å².